The van der Waals surface area contributed by atoms with Crippen LogP contribution in [0.15, 0.2) is 46.9 Å². The first-order valence-electron chi connectivity index (χ1n) is 8.67. The number of amides is 1. The highest BCUT2D eigenvalue weighted by atomic mass is 79.9. The van der Waals surface area contributed by atoms with Gasteiger partial charge in [0, 0.05) is 29.2 Å². The summed E-state index contributed by atoms with van der Waals surface area (Å²) in [6, 6.07) is 13.7. The Morgan fingerprint density at radius 1 is 1.29 bits per heavy atom. The minimum Gasteiger partial charge on any atom is -0.496 e. The number of aromatic amines is 1. The number of rotatable bonds is 6. The summed E-state index contributed by atoms with van der Waals surface area (Å²) in [7, 11) is 3.38. The molecule has 0 aliphatic heterocycles. The minimum atomic E-state index is -0.0760. The van der Waals surface area contributed by atoms with Crippen molar-refractivity contribution in [3.05, 3.63) is 62.8 Å². The molecule has 8 heteroatoms. The topological polar surface area (TPSA) is 63.1 Å². The molecule has 6 nitrogen and oxygen atoms in total. The van der Waals surface area contributed by atoms with E-state index in [-0.39, 0.29) is 12.5 Å². The number of methoxy groups -OCH3 is 1. The molecule has 0 aliphatic rings. The van der Waals surface area contributed by atoms with Crippen molar-refractivity contribution in [2.24, 2.45) is 0 Å². The Labute approximate surface area is 177 Å². The molecule has 3 rings (SSSR count). The maximum absolute atomic E-state index is 12.9. The van der Waals surface area contributed by atoms with Gasteiger partial charge >= 0.3 is 0 Å². The van der Waals surface area contributed by atoms with Crippen LogP contribution in [0.1, 0.15) is 11.1 Å². The van der Waals surface area contributed by atoms with E-state index >= 15 is 0 Å². The van der Waals surface area contributed by atoms with Gasteiger partial charge < -0.3 is 9.64 Å². The number of hydrogen-bond donors (Lipinski definition) is 1. The molecular formula is C20H21BrN4O2S. The molecule has 146 valence electrons. The molecule has 0 bridgehead atoms. The molecule has 0 radical (unpaired) electrons. The van der Waals surface area contributed by atoms with Crippen LogP contribution in [-0.2, 0) is 17.9 Å². The molecule has 1 N–H and O–H groups in total. The lowest BCUT2D eigenvalue weighted by Gasteiger charge is -2.20. The Bertz CT molecular complexity index is 1040. The van der Waals surface area contributed by atoms with E-state index in [1.54, 1.807) is 23.6 Å². The number of ether oxygens (including phenoxy) is 1. The van der Waals surface area contributed by atoms with Crippen LogP contribution in [0.5, 0.6) is 5.75 Å². The Kier molecular flexibility index (Phi) is 6.31. The van der Waals surface area contributed by atoms with Gasteiger partial charge in [-0.05, 0) is 37.3 Å². The average molecular weight is 461 g/mol. The van der Waals surface area contributed by atoms with Gasteiger partial charge in [0.25, 0.3) is 0 Å². The zero-order chi connectivity index (χ0) is 20.3. The Hall–Kier alpha value is -2.45. The van der Waals surface area contributed by atoms with E-state index in [4.69, 9.17) is 17.0 Å². The molecule has 28 heavy (non-hydrogen) atoms. The van der Waals surface area contributed by atoms with Crippen molar-refractivity contribution in [1.82, 2.24) is 19.7 Å². The largest absolute Gasteiger partial charge is 0.496 e. The number of H-pyrrole nitrogens is 1. The number of likely N-dealkylation sites (N-methyl/N-ethyl adjacent to an activating group) is 1. The molecule has 0 atom stereocenters. The van der Waals surface area contributed by atoms with Crippen LogP contribution in [0.25, 0.3) is 11.4 Å². The monoisotopic (exact) mass is 460 g/mol. The van der Waals surface area contributed by atoms with Crippen LogP contribution in [-0.4, -0.2) is 39.7 Å². The highest BCUT2D eigenvalue weighted by Crippen LogP contribution is 2.24. The van der Waals surface area contributed by atoms with Crippen LogP contribution >= 0.6 is 28.1 Å². The lowest BCUT2D eigenvalue weighted by atomic mass is 10.1. The van der Waals surface area contributed by atoms with E-state index in [1.165, 1.54) is 0 Å². The fraction of sp³-hybridized carbons (Fsp3) is 0.250. The summed E-state index contributed by atoms with van der Waals surface area (Å²) in [6.07, 6.45) is 0. The number of nitrogens with zero attached hydrogens (tertiary/aromatic N) is 3. The molecule has 2 aromatic carbocycles. The third-order valence-corrected chi connectivity index (χ3v) is 5.24. The second kappa shape index (κ2) is 8.70. The van der Waals surface area contributed by atoms with E-state index in [0.29, 0.717) is 17.1 Å². The summed E-state index contributed by atoms with van der Waals surface area (Å²) in [4.78, 5) is 14.5. The molecule has 3 aromatic rings. The first-order valence-corrected chi connectivity index (χ1v) is 9.88. The molecule has 0 aliphatic carbocycles. The van der Waals surface area contributed by atoms with Gasteiger partial charge in [-0.25, -0.2) is 0 Å². The van der Waals surface area contributed by atoms with E-state index < -0.39 is 0 Å². The fourth-order valence-electron chi connectivity index (χ4n) is 2.86. The quantitative estimate of drug-likeness (QED) is 0.555. The molecule has 0 saturated carbocycles. The van der Waals surface area contributed by atoms with Crippen LogP contribution < -0.4 is 4.74 Å². The number of carbonyl (C=O) groups excluding carboxylic acids is 1. The maximum Gasteiger partial charge on any atom is 0.242 e. The number of hydrogen-bond acceptors (Lipinski definition) is 4. The highest BCUT2D eigenvalue weighted by molar-refractivity contribution is 9.10. The SMILES string of the molecule is COc1ccc(Br)cc1CN(C)C(=O)Cn1c(-c2ccc(C)cc2)n[nH]c1=S. The fourth-order valence-corrected chi connectivity index (χ4v) is 3.46. The first-order chi connectivity index (χ1) is 13.4. The van der Waals surface area contributed by atoms with Crippen molar-refractivity contribution < 1.29 is 9.53 Å². The van der Waals surface area contributed by atoms with Gasteiger partial charge in [-0.3, -0.25) is 14.5 Å². The number of aryl methyl sites for hydroxylation is 1. The summed E-state index contributed by atoms with van der Waals surface area (Å²) < 4.78 is 8.46. The van der Waals surface area contributed by atoms with Crippen molar-refractivity contribution in [2.75, 3.05) is 14.2 Å². The van der Waals surface area contributed by atoms with Crippen LogP contribution in [0.2, 0.25) is 0 Å². The van der Waals surface area contributed by atoms with E-state index in [0.717, 1.165) is 26.9 Å². The summed E-state index contributed by atoms with van der Waals surface area (Å²) in [5.41, 5.74) is 2.98. The normalized spacial score (nSPS) is 10.7. The van der Waals surface area contributed by atoms with Crippen LogP contribution in [0.3, 0.4) is 0 Å². The summed E-state index contributed by atoms with van der Waals surface area (Å²) in [5, 5.41) is 7.09. The molecule has 1 heterocycles. The number of aromatic nitrogens is 3. The van der Waals surface area contributed by atoms with Gasteiger partial charge in [0.15, 0.2) is 10.6 Å². The zero-order valence-corrected chi connectivity index (χ0v) is 18.3. The highest BCUT2D eigenvalue weighted by Gasteiger charge is 2.17. The molecule has 1 amide bonds. The predicted molar refractivity (Wildman–Crippen MR) is 115 cm³/mol. The van der Waals surface area contributed by atoms with Crippen molar-refractivity contribution in [3.63, 3.8) is 0 Å². The van der Waals surface area contributed by atoms with Crippen molar-refractivity contribution in [2.45, 2.75) is 20.0 Å². The van der Waals surface area contributed by atoms with Crippen molar-refractivity contribution in [3.8, 4) is 17.1 Å². The van der Waals surface area contributed by atoms with Crippen molar-refractivity contribution >= 4 is 34.1 Å². The Balaban J connectivity index is 1.80. The van der Waals surface area contributed by atoms with Crippen LogP contribution in [0.4, 0.5) is 0 Å². The molecular weight excluding hydrogens is 440 g/mol. The van der Waals surface area contributed by atoms with Gasteiger partial charge in [-0.2, -0.15) is 5.10 Å². The number of halogens is 1. The van der Waals surface area contributed by atoms with Gasteiger partial charge in [-0.1, -0.05) is 45.8 Å². The second-order valence-corrected chi connectivity index (χ2v) is 7.81. The van der Waals surface area contributed by atoms with Gasteiger partial charge in [0.05, 0.1) is 7.11 Å². The second-order valence-electron chi connectivity index (χ2n) is 6.51. The van der Waals surface area contributed by atoms with Crippen LogP contribution in [0, 0.1) is 11.7 Å². The molecule has 0 fully saturated rings. The number of carbonyl (C=O) groups is 1. The summed E-state index contributed by atoms with van der Waals surface area (Å²) in [6.45, 7) is 2.55. The average Bonchev–Trinajstić information content (AvgIpc) is 3.03. The molecule has 0 unspecified atom stereocenters. The lowest BCUT2D eigenvalue weighted by Crippen LogP contribution is -2.30. The molecule has 0 saturated heterocycles. The lowest BCUT2D eigenvalue weighted by molar-refractivity contribution is -0.131. The van der Waals surface area contributed by atoms with E-state index in [9.17, 15) is 4.79 Å². The van der Waals surface area contributed by atoms with E-state index in [1.807, 2.05) is 49.4 Å². The Morgan fingerprint density at radius 2 is 2.00 bits per heavy atom. The van der Waals surface area contributed by atoms with Gasteiger partial charge in [0.2, 0.25) is 5.91 Å². The molecule has 1 aromatic heterocycles. The smallest absolute Gasteiger partial charge is 0.242 e. The number of nitrogens with one attached hydrogen (secondary N) is 1. The summed E-state index contributed by atoms with van der Waals surface area (Å²) in [5.74, 6) is 1.31. The Morgan fingerprint density at radius 3 is 2.68 bits per heavy atom. The number of benzene rings is 2. The maximum atomic E-state index is 12.9. The third kappa shape index (κ3) is 4.51. The zero-order valence-electron chi connectivity index (χ0n) is 15.9. The first kappa shape index (κ1) is 20.3. The van der Waals surface area contributed by atoms with Gasteiger partial charge in [0.1, 0.15) is 12.3 Å². The van der Waals surface area contributed by atoms with Crippen molar-refractivity contribution in [1.29, 1.82) is 0 Å². The summed E-state index contributed by atoms with van der Waals surface area (Å²) >= 11 is 8.80. The standard InChI is InChI=1S/C20H21BrN4O2S/c1-13-4-6-14(7-5-13)19-22-23-20(28)25(19)12-18(26)24(2)11-15-10-16(21)8-9-17(15)27-3/h4-10H,11-12H2,1-3H3,(H,23,28). The third-order valence-electron chi connectivity index (χ3n) is 4.44. The minimum absolute atomic E-state index is 0.0760. The molecule has 0 spiro atoms. The van der Waals surface area contributed by atoms with E-state index in [2.05, 4.69) is 26.1 Å². The predicted octanol–water partition coefficient (Wildman–Crippen LogP) is 4.35. The van der Waals surface area contributed by atoms with Gasteiger partial charge in [-0.15, -0.1) is 0 Å².